The van der Waals surface area contributed by atoms with Crippen LogP contribution in [-0.2, 0) is 4.74 Å². The molecular weight excluding hydrogens is 222 g/mol. The summed E-state index contributed by atoms with van der Waals surface area (Å²) in [4.78, 5) is 25.2. The quantitative estimate of drug-likeness (QED) is 0.752. The molecule has 0 bridgehead atoms. The Labute approximate surface area is 98.4 Å². The fourth-order valence-corrected chi connectivity index (χ4v) is 2.12. The summed E-state index contributed by atoms with van der Waals surface area (Å²) in [5.74, 6) is 0. The van der Waals surface area contributed by atoms with Gasteiger partial charge in [-0.3, -0.25) is 14.3 Å². The first-order chi connectivity index (χ1) is 8.02. The van der Waals surface area contributed by atoms with Gasteiger partial charge in [-0.2, -0.15) is 0 Å². The number of aryl methyl sites for hydroxylation is 1. The van der Waals surface area contributed by atoms with Crippen LogP contribution in [0.4, 0.5) is 0 Å². The van der Waals surface area contributed by atoms with E-state index in [-0.39, 0.29) is 23.9 Å². The topological polar surface area (TPSA) is 90.1 Å². The van der Waals surface area contributed by atoms with Crippen molar-refractivity contribution in [2.24, 2.45) is 5.73 Å². The molecule has 94 valence electrons. The van der Waals surface area contributed by atoms with E-state index >= 15 is 0 Å². The summed E-state index contributed by atoms with van der Waals surface area (Å²) in [5.41, 5.74) is 5.60. The van der Waals surface area contributed by atoms with E-state index in [0.717, 1.165) is 6.42 Å². The molecule has 0 spiro atoms. The van der Waals surface area contributed by atoms with Crippen molar-refractivity contribution in [2.45, 2.75) is 45.1 Å². The SMILES string of the molecule is CC[C@H]1O[C@@H](n2cc(C)c(=O)[nH]c2=O)C[C@@H]1N. The fourth-order valence-electron chi connectivity index (χ4n) is 2.12. The largest absolute Gasteiger partial charge is 0.353 e. The van der Waals surface area contributed by atoms with E-state index in [1.165, 1.54) is 10.8 Å². The van der Waals surface area contributed by atoms with Crippen molar-refractivity contribution in [2.75, 3.05) is 0 Å². The molecule has 2 rings (SSSR count). The summed E-state index contributed by atoms with van der Waals surface area (Å²) in [5, 5.41) is 0. The summed E-state index contributed by atoms with van der Waals surface area (Å²) < 4.78 is 7.11. The lowest BCUT2D eigenvalue weighted by Gasteiger charge is -2.15. The van der Waals surface area contributed by atoms with Gasteiger partial charge in [0.15, 0.2) is 0 Å². The lowest BCUT2D eigenvalue weighted by Crippen LogP contribution is -2.33. The molecule has 2 heterocycles. The highest BCUT2D eigenvalue weighted by Gasteiger charge is 2.33. The van der Waals surface area contributed by atoms with Crippen LogP contribution in [-0.4, -0.2) is 21.7 Å². The average molecular weight is 239 g/mol. The highest BCUT2D eigenvalue weighted by atomic mass is 16.5. The molecule has 0 unspecified atom stereocenters. The smallest absolute Gasteiger partial charge is 0.330 e. The lowest BCUT2D eigenvalue weighted by atomic mass is 10.1. The van der Waals surface area contributed by atoms with Gasteiger partial charge in [0, 0.05) is 24.2 Å². The van der Waals surface area contributed by atoms with Gasteiger partial charge in [0.25, 0.3) is 5.56 Å². The summed E-state index contributed by atoms with van der Waals surface area (Å²) in [7, 11) is 0. The Morgan fingerprint density at radius 3 is 2.88 bits per heavy atom. The number of nitrogens with zero attached hydrogens (tertiary/aromatic N) is 1. The molecule has 0 aliphatic carbocycles. The van der Waals surface area contributed by atoms with Crippen LogP contribution in [0, 0.1) is 6.92 Å². The Bertz CT molecular complexity index is 519. The Hall–Kier alpha value is -1.40. The zero-order chi connectivity index (χ0) is 12.6. The maximum Gasteiger partial charge on any atom is 0.330 e. The highest BCUT2D eigenvalue weighted by Crippen LogP contribution is 2.27. The number of hydrogen-bond donors (Lipinski definition) is 2. The monoisotopic (exact) mass is 239 g/mol. The molecule has 0 aromatic carbocycles. The van der Waals surface area contributed by atoms with Crippen LogP contribution in [0.15, 0.2) is 15.8 Å². The van der Waals surface area contributed by atoms with Gasteiger partial charge in [-0.15, -0.1) is 0 Å². The minimum absolute atomic E-state index is 0.0286. The van der Waals surface area contributed by atoms with Gasteiger partial charge >= 0.3 is 5.69 Å². The first-order valence-corrected chi connectivity index (χ1v) is 5.76. The maximum absolute atomic E-state index is 11.7. The molecule has 6 heteroatoms. The first-order valence-electron chi connectivity index (χ1n) is 5.76. The van der Waals surface area contributed by atoms with Crippen molar-refractivity contribution in [3.63, 3.8) is 0 Å². The lowest BCUT2D eigenvalue weighted by molar-refractivity contribution is -0.00420. The van der Waals surface area contributed by atoms with Crippen LogP contribution >= 0.6 is 0 Å². The van der Waals surface area contributed by atoms with E-state index in [1.807, 2.05) is 6.92 Å². The summed E-state index contributed by atoms with van der Waals surface area (Å²) >= 11 is 0. The van der Waals surface area contributed by atoms with Crippen molar-refractivity contribution < 1.29 is 4.74 Å². The van der Waals surface area contributed by atoms with Gasteiger partial charge < -0.3 is 10.5 Å². The van der Waals surface area contributed by atoms with Crippen LogP contribution in [0.1, 0.15) is 31.6 Å². The van der Waals surface area contributed by atoms with Crippen LogP contribution < -0.4 is 17.0 Å². The minimum Gasteiger partial charge on any atom is -0.353 e. The van der Waals surface area contributed by atoms with Gasteiger partial charge in [0.1, 0.15) is 6.23 Å². The first kappa shape index (κ1) is 12.1. The number of aromatic nitrogens is 2. The van der Waals surface area contributed by atoms with E-state index < -0.39 is 5.69 Å². The van der Waals surface area contributed by atoms with Crippen LogP contribution in [0.3, 0.4) is 0 Å². The number of ether oxygens (including phenoxy) is 1. The zero-order valence-corrected chi connectivity index (χ0v) is 9.97. The van der Waals surface area contributed by atoms with E-state index in [4.69, 9.17) is 10.5 Å². The second kappa shape index (κ2) is 4.46. The van der Waals surface area contributed by atoms with E-state index in [0.29, 0.717) is 12.0 Å². The predicted molar refractivity (Wildman–Crippen MR) is 62.9 cm³/mol. The summed E-state index contributed by atoms with van der Waals surface area (Å²) in [6.07, 6.45) is 2.52. The summed E-state index contributed by atoms with van der Waals surface area (Å²) in [6.45, 7) is 3.65. The number of H-pyrrole nitrogens is 1. The molecule has 1 aromatic heterocycles. The fraction of sp³-hybridized carbons (Fsp3) is 0.636. The second-order valence-corrected chi connectivity index (χ2v) is 4.42. The number of nitrogens with one attached hydrogen (secondary N) is 1. The molecule has 0 saturated carbocycles. The predicted octanol–water partition coefficient (Wildman–Crippen LogP) is -0.130. The van der Waals surface area contributed by atoms with Gasteiger partial charge in [-0.25, -0.2) is 4.79 Å². The minimum atomic E-state index is -0.449. The normalized spacial score (nSPS) is 28.5. The molecule has 0 radical (unpaired) electrons. The van der Waals surface area contributed by atoms with Crippen molar-refractivity contribution >= 4 is 0 Å². The summed E-state index contributed by atoms with van der Waals surface area (Å²) in [6, 6.07) is -0.0656. The average Bonchev–Trinajstić information content (AvgIpc) is 2.65. The second-order valence-electron chi connectivity index (χ2n) is 4.42. The third kappa shape index (κ3) is 2.18. The van der Waals surface area contributed by atoms with E-state index in [2.05, 4.69) is 4.98 Å². The highest BCUT2D eigenvalue weighted by molar-refractivity contribution is 5.02. The molecule has 3 N–H and O–H groups in total. The zero-order valence-electron chi connectivity index (χ0n) is 9.97. The third-order valence-electron chi connectivity index (χ3n) is 3.14. The van der Waals surface area contributed by atoms with Crippen molar-refractivity contribution in [3.8, 4) is 0 Å². The Kier molecular flexibility index (Phi) is 3.17. The van der Waals surface area contributed by atoms with Crippen molar-refractivity contribution in [1.82, 2.24) is 9.55 Å². The van der Waals surface area contributed by atoms with Crippen LogP contribution in [0.2, 0.25) is 0 Å². The molecule has 1 aliphatic rings. The van der Waals surface area contributed by atoms with Gasteiger partial charge in [0.05, 0.1) is 6.10 Å². The van der Waals surface area contributed by atoms with Crippen LogP contribution in [0.5, 0.6) is 0 Å². The Morgan fingerprint density at radius 2 is 2.29 bits per heavy atom. The van der Waals surface area contributed by atoms with Crippen LogP contribution in [0.25, 0.3) is 0 Å². The number of hydrogen-bond acceptors (Lipinski definition) is 4. The van der Waals surface area contributed by atoms with E-state index in [9.17, 15) is 9.59 Å². The maximum atomic E-state index is 11.7. The molecule has 1 saturated heterocycles. The molecule has 0 amide bonds. The molecule has 1 fully saturated rings. The standard InChI is InChI=1S/C11H17N3O3/c1-3-8-7(12)4-9(17-8)14-5-6(2)10(15)13-11(14)16/h5,7-9H,3-4,12H2,1-2H3,(H,13,15,16)/t7-,8+,9+/m0/s1. The number of nitrogens with two attached hydrogens (primary N) is 1. The third-order valence-corrected chi connectivity index (χ3v) is 3.14. The molecule has 1 aliphatic heterocycles. The van der Waals surface area contributed by atoms with Crippen molar-refractivity contribution in [3.05, 3.63) is 32.6 Å². The van der Waals surface area contributed by atoms with Gasteiger partial charge in [-0.05, 0) is 13.3 Å². The van der Waals surface area contributed by atoms with Gasteiger partial charge in [0.2, 0.25) is 0 Å². The Balaban J connectivity index is 2.34. The van der Waals surface area contributed by atoms with E-state index in [1.54, 1.807) is 6.92 Å². The molecule has 17 heavy (non-hydrogen) atoms. The molecular formula is C11H17N3O3. The number of aromatic amines is 1. The molecule has 1 aromatic rings. The molecule has 6 nitrogen and oxygen atoms in total. The number of rotatable bonds is 2. The van der Waals surface area contributed by atoms with Gasteiger partial charge in [-0.1, -0.05) is 6.92 Å². The molecule has 3 atom stereocenters. The van der Waals surface area contributed by atoms with Crippen molar-refractivity contribution in [1.29, 1.82) is 0 Å². The Morgan fingerprint density at radius 1 is 1.59 bits per heavy atom.